The van der Waals surface area contributed by atoms with Crippen molar-refractivity contribution in [2.24, 2.45) is 5.92 Å². The highest BCUT2D eigenvalue weighted by Crippen LogP contribution is 2.35. The number of carbonyl (C=O) groups is 2. The number of alkyl halides is 3. The minimum absolute atomic E-state index is 0.0514. The standard InChI is InChI=1S/C29H39F3N6O2/c1-4-26(39)35-24-8-6-5-7-20(24)17-25-23(29(30,31)32)18-33-28(36-25)34-21-11-9-19(10-12-21)27(40)38(3)22-13-15-37(2)16-14-22/h9-12,18,20,22,24H,4-8,13-17H2,1-3H3,(H,35,39)(H,33,34,36)/t20-,24-/m0/s1. The quantitative estimate of drug-likeness (QED) is 0.471. The Morgan fingerprint density at radius 1 is 1.07 bits per heavy atom. The number of nitrogens with zero attached hydrogens (tertiary/aromatic N) is 4. The van der Waals surface area contributed by atoms with Crippen LogP contribution in [0.1, 0.15) is 73.5 Å². The molecule has 40 heavy (non-hydrogen) atoms. The SMILES string of the molecule is CCC(=O)N[C@H]1CCCC[C@H]1Cc1nc(Nc2ccc(C(=O)N(C)C3CCN(C)CC3)cc2)ncc1C(F)(F)F. The van der Waals surface area contributed by atoms with Gasteiger partial charge in [-0.25, -0.2) is 9.97 Å². The second-order valence-electron chi connectivity index (χ2n) is 11.0. The number of anilines is 2. The molecular formula is C29H39F3N6O2. The van der Waals surface area contributed by atoms with Crippen LogP contribution in [0, 0.1) is 5.92 Å². The van der Waals surface area contributed by atoms with Gasteiger partial charge >= 0.3 is 6.18 Å². The minimum Gasteiger partial charge on any atom is -0.353 e. The van der Waals surface area contributed by atoms with Crippen molar-refractivity contribution in [3.8, 4) is 0 Å². The van der Waals surface area contributed by atoms with Gasteiger partial charge in [-0.15, -0.1) is 0 Å². The molecule has 2 atom stereocenters. The second kappa shape index (κ2) is 13.0. The lowest BCUT2D eigenvalue weighted by Gasteiger charge is -2.35. The molecule has 1 aliphatic carbocycles. The van der Waals surface area contributed by atoms with Gasteiger partial charge in [0.25, 0.3) is 5.91 Å². The number of benzene rings is 1. The Balaban J connectivity index is 1.47. The summed E-state index contributed by atoms with van der Waals surface area (Å²) in [6.45, 7) is 3.66. The number of hydrogen-bond donors (Lipinski definition) is 2. The Bertz CT molecular complexity index is 1170. The first-order valence-electron chi connectivity index (χ1n) is 14.1. The highest BCUT2D eigenvalue weighted by atomic mass is 19.4. The second-order valence-corrected chi connectivity index (χ2v) is 11.0. The summed E-state index contributed by atoms with van der Waals surface area (Å²) in [6.07, 6.45) is 1.81. The maximum Gasteiger partial charge on any atom is 0.419 e. The van der Waals surface area contributed by atoms with Crippen molar-refractivity contribution in [2.45, 2.75) is 76.6 Å². The molecule has 2 amide bonds. The van der Waals surface area contributed by atoms with Gasteiger partial charge in [0.05, 0.1) is 11.3 Å². The van der Waals surface area contributed by atoms with Crippen LogP contribution in [0.3, 0.4) is 0 Å². The van der Waals surface area contributed by atoms with E-state index >= 15 is 0 Å². The third-order valence-corrected chi connectivity index (χ3v) is 8.15. The molecule has 0 unspecified atom stereocenters. The van der Waals surface area contributed by atoms with Gasteiger partial charge in [0.1, 0.15) is 0 Å². The first-order chi connectivity index (χ1) is 19.0. The zero-order valence-corrected chi connectivity index (χ0v) is 23.4. The zero-order chi connectivity index (χ0) is 28.9. The van der Waals surface area contributed by atoms with Crippen molar-refractivity contribution >= 4 is 23.5 Å². The predicted molar refractivity (Wildman–Crippen MR) is 147 cm³/mol. The highest BCUT2D eigenvalue weighted by molar-refractivity contribution is 5.94. The van der Waals surface area contributed by atoms with Gasteiger partial charge in [-0.2, -0.15) is 13.2 Å². The van der Waals surface area contributed by atoms with Crippen molar-refractivity contribution in [3.63, 3.8) is 0 Å². The van der Waals surface area contributed by atoms with Gasteiger partial charge in [-0.3, -0.25) is 9.59 Å². The molecule has 4 rings (SSSR count). The van der Waals surface area contributed by atoms with E-state index < -0.39 is 11.7 Å². The predicted octanol–water partition coefficient (Wildman–Crippen LogP) is 5.03. The molecule has 218 valence electrons. The fourth-order valence-electron chi connectivity index (χ4n) is 5.65. The van der Waals surface area contributed by atoms with E-state index in [1.165, 1.54) is 0 Å². The van der Waals surface area contributed by atoms with Crippen molar-refractivity contribution < 1.29 is 22.8 Å². The minimum atomic E-state index is -4.59. The molecule has 2 aliphatic rings. The molecule has 1 aliphatic heterocycles. The number of carbonyl (C=O) groups excluding carboxylic acids is 2. The van der Waals surface area contributed by atoms with Crippen LogP contribution in [-0.4, -0.2) is 70.9 Å². The van der Waals surface area contributed by atoms with Gasteiger partial charge < -0.3 is 20.4 Å². The summed E-state index contributed by atoms with van der Waals surface area (Å²) in [5, 5.41) is 5.97. The van der Waals surface area contributed by atoms with E-state index in [9.17, 15) is 22.8 Å². The normalized spacial score (nSPS) is 20.6. The van der Waals surface area contributed by atoms with Crippen LogP contribution in [-0.2, 0) is 17.4 Å². The summed E-state index contributed by atoms with van der Waals surface area (Å²) >= 11 is 0. The molecule has 1 aromatic carbocycles. The Morgan fingerprint density at radius 2 is 1.75 bits per heavy atom. The van der Waals surface area contributed by atoms with Gasteiger partial charge in [0.15, 0.2) is 0 Å². The summed E-state index contributed by atoms with van der Waals surface area (Å²) in [5.74, 6) is -0.251. The van der Waals surface area contributed by atoms with Crippen LogP contribution in [0.15, 0.2) is 30.5 Å². The Morgan fingerprint density at radius 3 is 2.40 bits per heavy atom. The molecule has 0 spiro atoms. The van der Waals surface area contributed by atoms with Crippen molar-refractivity contribution in [1.82, 2.24) is 25.1 Å². The average Bonchev–Trinajstić information content (AvgIpc) is 2.93. The highest BCUT2D eigenvalue weighted by Gasteiger charge is 2.37. The number of nitrogens with one attached hydrogen (secondary N) is 2. The molecular weight excluding hydrogens is 521 g/mol. The Labute approximate surface area is 233 Å². The number of amides is 2. The molecule has 1 aromatic heterocycles. The lowest BCUT2D eigenvalue weighted by atomic mass is 9.81. The van der Waals surface area contributed by atoms with Crippen LogP contribution in [0.2, 0.25) is 0 Å². The molecule has 1 saturated carbocycles. The summed E-state index contributed by atoms with van der Waals surface area (Å²) in [6, 6.07) is 6.82. The van der Waals surface area contributed by atoms with Crippen LogP contribution in [0.25, 0.3) is 0 Å². The summed E-state index contributed by atoms with van der Waals surface area (Å²) in [7, 11) is 3.90. The van der Waals surface area contributed by atoms with Crippen molar-refractivity contribution in [1.29, 1.82) is 0 Å². The van der Waals surface area contributed by atoms with Gasteiger partial charge in [-0.05, 0) is 82.4 Å². The molecule has 0 radical (unpaired) electrons. The third-order valence-electron chi connectivity index (χ3n) is 8.15. The summed E-state index contributed by atoms with van der Waals surface area (Å²) in [4.78, 5) is 37.3. The third kappa shape index (κ3) is 7.50. The number of piperidine rings is 1. The molecule has 0 bridgehead atoms. The van der Waals surface area contributed by atoms with Crippen molar-refractivity contribution in [2.75, 3.05) is 32.5 Å². The molecule has 2 heterocycles. The van der Waals surface area contributed by atoms with Crippen LogP contribution < -0.4 is 10.6 Å². The van der Waals surface area contributed by atoms with Crippen LogP contribution in [0.5, 0.6) is 0 Å². The molecule has 8 nitrogen and oxygen atoms in total. The van der Waals surface area contributed by atoms with Crippen molar-refractivity contribution in [3.05, 3.63) is 47.3 Å². The number of halogens is 3. The maximum atomic E-state index is 13.9. The first-order valence-corrected chi connectivity index (χ1v) is 14.1. The summed E-state index contributed by atoms with van der Waals surface area (Å²) < 4.78 is 41.6. The molecule has 2 aromatic rings. The van der Waals surface area contributed by atoms with E-state index in [-0.39, 0.29) is 47.9 Å². The zero-order valence-electron chi connectivity index (χ0n) is 23.4. The maximum absolute atomic E-state index is 13.9. The largest absolute Gasteiger partial charge is 0.419 e. The van der Waals surface area contributed by atoms with E-state index in [1.807, 2.05) is 7.05 Å². The molecule has 11 heteroatoms. The summed E-state index contributed by atoms with van der Waals surface area (Å²) in [5.41, 5.74) is 0.162. The molecule has 2 N–H and O–H groups in total. The Kier molecular flexibility index (Phi) is 9.65. The number of hydrogen-bond acceptors (Lipinski definition) is 6. The fraction of sp³-hybridized carbons (Fsp3) is 0.586. The van der Waals surface area contributed by atoms with Gasteiger partial charge in [0.2, 0.25) is 11.9 Å². The topological polar surface area (TPSA) is 90.5 Å². The average molecular weight is 561 g/mol. The van der Waals surface area contributed by atoms with Gasteiger partial charge in [0, 0.05) is 43.0 Å². The van der Waals surface area contributed by atoms with E-state index in [2.05, 4.69) is 32.5 Å². The Hall–Kier alpha value is -3.21. The van der Waals surface area contributed by atoms with Gasteiger partial charge in [-0.1, -0.05) is 19.8 Å². The van der Waals surface area contributed by atoms with E-state index in [0.717, 1.165) is 57.8 Å². The number of aromatic nitrogens is 2. The number of likely N-dealkylation sites (tertiary alicyclic amines) is 1. The first kappa shape index (κ1) is 29.8. The fourth-order valence-corrected chi connectivity index (χ4v) is 5.65. The molecule has 1 saturated heterocycles. The van der Waals surface area contributed by atoms with Crippen LogP contribution >= 0.6 is 0 Å². The lowest BCUT2D eigenvalue weighted by Crippen LogP contribution is -2.44. The monoisotopic (exact) mass is 560 g/mol. The van der Waals surface area contributed by atoms with Crippen LogP contribution in [0.4, 0.5) is 24.8 Å². The molecule has 2 fully saturated rings. The van der Waals surface area contributed by atoms with E-state index in [1.54, 1.807) is 36.1 Å². The van der Waals surface area contributed by atoms with E-state index in [0.29, 0.717) is 17.7 Å². The lowest BCUT2D eigenvalue weighted by molar-refractivity contribution is -0.139. The number of rotatable bonds is 8. The van der Waals surface area contributed by atoms with E-state index in [4.69, 9.17) is 0 Å². The smallest absolute Gasteiger partial charge is 0.353 e.